The summed E-state index contributed by atoms with van der Waals surface area (Å²) in [4.78, 5) is 17.2. The Bertz CT molecular complexity index is 1130. The van der Waals surface area contributed by atoms with Gasteiger partial charge in [0, 0.05) is 0 Å². The highest BCUT2D eigenvalue weighted by Crippen LogP contribution is 2.28. The molecule has 0 aliphatic carbocycles. The van der Waals surface area contributed by atoms with Crippen LogP contribution in [0.5, 0.6) is 11.5 Å². The number of carbonyl (C=O) groups excluding carboxylic acids is 1. The first kappa shape index (κ1) is 20.6. The monoisotopic (exact) mass is 433 g/mol. The summed E-state index contributed by atoms with van der Waals surface area (Å²) >= 11 is 0.951. The molecule has 0 unspecified atom stereocenters. The van der Waals surface area contributed by atoms with Gasteiger partial charge in [0.1, 0.15) is 16.4 Å². The molecule has 0 fully saturated rings. The summed E-state index contributed by atoms with van der Waals surface area (Å²) in [5, 5.41) is 2.85. The van der Waals surface area contributed by atoms with E-state index in [9.17, 15) is 13.2 Å². The lowest BCUT2D eigenvalue weighted by Crippen LogP contribution is -2.12. The van der Waals surface area contributed by atoms with Gasteiger partial charge in [0.15, 0.2) is 5.13 Å². The summed E-state index contributed by atoms with van der Waals surface area (Å²) in [6.45, 7) is 1.64. The average Bonchev–Trinajstić information content (AvgIpc) is 3.07. The Morgan fingerprint density at radius 1 is 1.03 bits per heavy atom. The van der Waals surface area contributed by atoms with Gasteiger partial charge in [0.25, 0.3) is 15.9 Å². The van der Waals surface area contributed by atoms with Gasteiger partial charge in [-0.05, 0) is 43.3 Å². The van der Waals surface area contributed by atoms with Crippen LogP contribution >= 0.6 is 11.3 Å². The number of anilines is 2. The van der Waals surface area contributed by atoms with E-state index in [1.165, 1.54) is 26.4 Å². The Morgan fingerprint density at radius 3 is 2.38 bits per heavy atom. The molecule has 1 heterocycles. The number of amides is 1. The zero-order valence-corrected chi connectivity index (χ0v) is 17.6. The summed E-state index contributed by atoms with van der Waals surface area (Å²) in [7, 11) is -0.840. The topological polar surface area (TPSA) is 107 Å². The quantitative estimate of drug-likeness (QED) is 0.590. The number of nitrogens with one attached hydrogen (secondary N) is 2. The number of hydrogen-bond acceptors (Lipinski definition) is 7. The Kier molecular flexibility index (Phi) is 6.04. The second kappa shape index (κ2) is 8.50. The van der Waals surface area contributed by atoms with Crippen LogP contribution < -0.4 is 19.5 Å². The summed E-state index contributed by atoms with van der Waals surface area (Å²) in [5.41, 5.74) is 0.919. The Hall–Kier alpha value is -3.11. The van der Waals surface area contributed by atoms with Crippen molar-refractivity contribution in [1.29, 1.82) is 0 Å². The average molecular weight is 434 g/mol. The predicted octanol–water partition coefficient (Wildman–Crippen LogP) is 3.52. The molecule has 152 valence electrons. The van der Waals surface area contributed by atoms with Gasteiger partial charge in [0.2, 0.25) is 0 Å². The van der Waals surface area contributed by atoms with Crippen molar-refractivity contribution in [3.63, 3.8) is 0 Å². The third-order valence-corrected chi connectivity index (χ3v) is 6.51. The molecule has 0 aliphatic rings. The lowest BCUT2D eigenvalue weighted by atomic mass is 10.3. The molecule has 0 aliphatic heterocycles. The van der Waals surface area contributed by atoms with Crippen LogP contribution in [0, 0.1) is 6.92 Å². The van der Waals surface area contributed by atoms with E-state index in [0.717, 1.165) is 11.3 Å². The highest BCUT2D eigenvalue weighted by molar-refractivity contribution is 7.93. The number of thiazole rings is 1. The molecule has 1 amide bonds. The number of ether oxygens (including phenoxy) is 2. The maximum atomic E-state index is 12.6. The van der Waals surface area contributed by atoms with Crippen molar-refractivity contribution in [3.8, 4) is 11.5 Å². The Morgan fingerprint density at radius 2 is 1.72 bits per heavy atom. The van der Waals surface area contributed by atoms with Crippen molar-refractivity contribution in [2.45, 2.75) is 11.8 Å². The second-order valence-corrected chi connectivity index (χ2v) is 8.55. The fraction of sp³-hybridized carbons (Fsp3) is 0.158. The van der Waals surface area contributed by atoms with E-state index >= 15 is 0 Å². The first-order valence-corrected chi connectivity index (χ1v) is 10.7. The number of benzene rings is 2. The van der Waals surface area contributed by atoms with E-state index in [2.05, 4.69) is 15.0 Å². The van der Waals surface area contributed by atoms with Gasteiger partial charge >= 0.3 is 0 Å². The largest absolute Gasteiger partial charge is 0.497 e. The summed E-state index contributed by atoms with van der Waals surface area (Å²) < 4.78 is 37.8. The first-order chi connectivity index (χ1) is 13.8. The van der Waals surface area contributed by atoms with Crippen LogP contribution in [-0.4, -0.2) is 33.5 Å². The molecule has 0 bridgehead atoms. The molecule has 8 nitrogen and oxygen atoms in total. The molecule has 3 aromatic rings. The van der Waals surface area contributed by atoms with Crippen LogP contribution in [0.3, 0.4) is 0 Å². The number of methoxy groups -OCH3 is 2. The van der Waals surface area contributed by atoms with Crippen LogP contribution in [0.15, 0.2) is 53.4 Å². The van der Waals surface area contributed by atoms with Crippen molar-refractivity contribution < 1.29 is 22.7 Å². The normalized spacial score (nSPS) is 11.0. The van der Waals surface area contributed by atoms with Gasteiger partial charge in [-0.25, -0.2) is 13.4 Å². The van der Waals surface area contributed by atoms with Gasteiger partial charge in [-0.2, -0.15) is 0 Å². The van der Waals surface area contributed by atoms with E-state index in [0.29, 0.717) is 27.8 Å². The van der Waals surface area contributed by atoms with E-state index in [4.69, 9.17) is 9.47 Å². The Balaban J connectivity index is 1.79. The number of para-hydroxylation sites is 2. The lowest BCUT2D eigenvalue weighted by Gasteiger charge is -2.09. The van der Waals surface area contributed by atoms with Crippen LogP contribution in [-0.2, 0) is 10.0 Å². The number of sulfonamides is 1. The molecule has 2 aromatic carbocycles. The standard InChI is InChI=1S/C19H19N3O5S2/c1-12-17(18(23)21-15-6-4-5-7-16(15)27-3)28-19(20-12)22-29(24,25)14-10-8-13(26-2)9-11-14/h4-11H,1-3H3,(H,20,22)(H,21,23). The highest BCUT2D eigenvalue weighted by atomic mass is 32.2. The van der Waals surface area contributed by atoms with Gasteiger partial charge in [-0.1, -0.05) is 23.5 Å². The van der Waals surface area contributed by atoms with E-state index in [1.54, 1.807) is 43.3 Å². The van der Waals surface area contributed by atoms with Crippen molar-refractivity contribution in [1.82, 2.24) is 4.98 Å². The van der Waals surface area contributed by atoms with Crippen molar-refractivity contribution in [2.75, 3.05) is 24.3 Å². The minimum absolute atomic E-state index is 0.0613. The highest BCUT2D eigenvalue weighted by Gasteiger charge is 2.21. The maximum Gasteiger partial charge on any atom is 0.267 e. The minimum Gasteiger partial charge on any atom is -0.497 e. The second-order valence-electron chi connectivity index (χ2n) is 5.87. The zero-order chi connectivity index (χ0) is 21.0. The van der Waals surface area contributed by atoms with Crippen molar-refractivity contribution >= 4 is 38.1 Å². The smallest absolute Gasteiger partial charge is 0.267 e. The third-order valence-electron chi connectivity index (χ3n) is 3.95. The van der Waals surface area contributed by atoms with E-state index in [1.807, 2.05) is 0 Å². The van der Waals surface area contributed by atoms with Crippen LogP contribution in [0.25, 0.3) is 0 Å². The predicted molar refractivity (Wildman–Crippen MR) is 112 cm³/mol. The molecule has 1 aromatic heterocycles. The molecule has 0 saturated heterocycles. The number of hydrogen-bond donors (Lipinski definition) is 2. The summed E-state index contributed by atoms with van der Waals surface area (Å²) in [6, 6.07) is 12.9. The lowest BCUT2D eigenvalue weighted by molar-refractivity contribution is 0.102. The van der Waals surface area contributed by atoms with Gasteiger partial charge < -0.3 is 14.8 Å². The fourth-order valence-corrected chi connectivity index (χ4v) is 4.60. The molecule has 0 spiro atoms. The number of aromatic nitrogens is 1. The number of carbonyl (C=O) groups is 1. The molecule has 0 saturated carbocycles. The summed E-state index contributed by atoms with van der Waals surface area (Å²) in [5.74, 6) is 0.659. The van der Waals surface area contributed by atoms with Gasteiger partial charge in [-0.3, -0.25) is 9.52 Å². The van der Waals surface area contributed by atoms with Gasteiger partial charge in [-0.15, -0.1) is 0 Å². The third kappa shape index (κ3) is 4.66. The molecular weight excluding hydrogens is 414 g/mol. The minimum atomic E-state index is -3.85. The molecular formula is C19H19N3O5S2. The molecule has 10 heteroatoms. The maximum absolute atomic E-state index is 12.6. The number of aryl methyl sites for hydroxylation is 1. The molecule has 2 N–H and O–H groups in total. The Labute approximate surface area is 172 Å². The van der Waals surface area contributed by atoms with Crippen molar-refractivity contribution in [2.24, 2.45) is 0 Å². The number of rotatable bonds is 7. The molecule has 29 heavy (non-hydrogen) atoms. The summed E-state index contributed by atoms with van der Waals surface area (Å²) in [6.07, 6.45) is 0. The number of nitrogens with zero attached hydrogens (tertiary/aromatic N) is 1. The SMILES string of the molecule is COc1ccc(S(=O)(=O)Nc2nc(C)c(C(=O)Nc3ccccc3OC)s2)cc1. The van der Waals surface area contributed by atoms with Crippen molar-refractivity contribution in [3.05, 3.63) is 59.1 Å². The first-order valence-electron chi connectivity index (χ1n) is 8.42. The molecule has 3 rings (SSSR count). The van der Waals surface area contributed by atoms with Crippen LogP contribution in [0.4, 0.5) is 10.8 Å². The fourth-order valence-electron chi connectivity index (χ4n) is 2.51. The van der Waals surface area contributed by atoms with Crippen LogP contribution in [0.1, 0.15) is 15.4 Å². The molecule has 0 radical (unpaired) electrons. The van der Waals surface area contributed by atoms with E-state index in [-0.39, 0.29) is 10.0 Å². The molecule has 0 atom stereocenters. The van der Waals surface area contributed by atoms with E-state index < -0.39 is 15.9 Å². The van der Waals surface area contributed by atoms with Gasteiger partial charge in [0.05, 0.1) is 30.5 Å². The zero-order valence-electron chi connectivity index (χ0n) is 15.9. The van der Waals surface area contributed by atoms with Crippen LogP contribution in [0.2, 0.25) is 0 Å².